The van der Waals surface area contributed by atoms with E-state index in [1.165, 1.54) is 11.1 Å². The van der Waals surface area contributed by atoms with Gasteiger partial charge < -0.3 is 10.2 Å². The molecule has 152 valence electrons. The second-order valence-corrected chi connectivity index (χ2v) is 7.66. The lowest BCUT2D eigenvalue weighted by Gasteiger charge is -2.31. The number of pyridine rings is 2. The summed E-state index contributed by atoms with van der Waals surface area (Å²) in [6, 6.07) is 9.30. The maximum Gasteiger partial charge on any atom is 0.270 e. The molecule has 8 heteroatoms. The Morgan fingerprint density at radius 2 is 1.90 bits per heavy atom. The Hall–Kier alpha value is -3.42. The topological polar surface area (TPSA) is 75.2 Å². The number of benzene rings is 1. The van der Waals surface area contributed by atoms with Crippen LogP contribution in [0.25, 0.3) is 22.0 Å². The van der Waals surface area contributed by atoms with Crippen molar-refractivity contribution in [1.82, 2.24) is 20.2 Å². The molecule has 0 saturated carbocycles. The summed E-state index contributed by atoms with van der Waals surface area (Å²) in [5, 5.41) is 3.52. The highest BCUT2D eigenvalue weighted by molar-refractivity contribution is 6.01. The Morgan fingerprint density at radius 3 is 2.70 bits per heavy atom. The number of carbonyl (C=O) groups is 2. The third-order valence-corrected chi connectivity index (χ3v) is 5.67. The first-order chi connectivity index (χ1) is 14.4. The number of likely N-dealkylation sites (tertiary alicyclic amines) is 1. The van der Waals surface area contributed by atoms with Crippen molar-refractivity contribution in [2.45, 2.75) is 25.3 Å². The largest absolute Gasteiger partial charge is 0.347 e. The van der Waals surface area contributed by atoms with Gasteiger partial charge in [-0.15, -0.1) is 0 Å². The number of piperidine rings is 1. The van der Waals surface area contributed by atoms with E-state index in [1.54, 1.807) is 12.3 Å². The number of nitrogens with zero attached hydrogens (tertiary/aromatic N) is 3. The number of fused-ring (bicyclic) bond motifs is 2. The SMILES string of the molecule is O=C1NCc2cc(-c3cccc4cc(C(=O)N5CCC(F)(F)CC5)cnc34)cnc21. The van der Waals surface area contributed by atoms with Gasteiger partial charge >= 0.3 is 0 Å². The second-order valence-electron chi connectivity index (χ2n) is 7.66. The normalized spacial score (nSPS) is 17.7. The molecule has 0 radical (unpaired) electrons. The molecule has 1 fully saturated rings. The van der Waals surface area contributed by atoms with Gasteiger partial charge in [-0.1, -0.05) is 18.2 Å². The zero-order valence-corrected chi connectivity index (χ0v) is 16.0. The molecule has 1 aromatic carbocycles. The fourth-order valence-electron chi connectivity index (χ4n) is 3.99. The van der Waals surface area contributed by atoms with Crippen LogP contribution in [0.4, 0.5) is 8.78 Å². The lowest BCUT2D eigenvalue weighted by Crippen LogP contribution is -2.42. The Labute approximate surface area is 170 Å². The molecule has 2 aliphatic heterocycles. The summed E-state index contributed by atoms with van der Waals surface area (Å²) in [6.07, 6.45) is 2.51. The summed E-state index contributed by atoms with van der Waals surface area (Å²) in [4.78, 5) is 34.7. The summed E-state index contributed by atoms with van der Waals surface area (Å²) < 4.78 is 26.8. The lowest BCUT2D eigenvalue weighted by molar-refractivity contribution is -0.0494. The van der Waals surface area contributed by atoms with Crippen LogP contribution in [-0.2, 0) is 6.54 Å². The smallest absolute Gasteiger partial charge is 0.270 e. The van der Waals surface area contributed by atoms with Crippen LogP contribution in [0.5, 0.6) is 0 Å². The highest BCUT2D eigenvalue weighted by Gasteiger charge is 2.35. The maximum atomic E-state index is 13.4. The van der Waals surface area contributed by atoms with Crippen molar-refractivity contribution >= 4 is 22.7 Å². The van der Waals surface area contributed by atoms with E-state index in [0.29, 0.717) is 23.3 Å². The number of para-hydroxylation sites is 1. The minimum atomic E-state index is -2.70. The van der Waals surface area contributed by atoms with Gasteiger partial charge in [0, 0.05) is 66.9 Å². The van der Waals surface area contributed by atoms with Crippen molar-refractivity contribution in [3.63, 3.8) is 0 Å². The van der Waals surface area contributed by atoms with Gasteiger partial charge in [0.2, 0.25) is 0 Å². The fraction of sp³-hybridized carbons (Fsp3) is 0.273. The molecular weight excluding hydrogens is 390 g/mol. The van der Waals surface area contributed by atoms with Gasteiger partial charge in [-0.3, -0.25) is 19.6 Å². The van der Waals surface area contributed by atoms with Crippen molar-refractivity contribution < 1.29 is 18.4 Å². The van der Waals surface area contributed by atoms with E-state index < -0.39 is 5.92 Å². The van der Waals surface area contributed by atoms with Crippen LogP contribution < -0.4 is 5.32 Å². The summed E-state index contributed by atoms with van der Waals surface area (Å²) in [7, 11) is 0. The van der Waals surface area contributed by atoms with E-state index in [-0.39, 0.29) is 37.7 Å². The summed E-state index contributed by atoms with van der Waals surface area (Å²) >= 11 is 0. The van der Waals surface area contributed by atoms with Crippen LogP contribution in [0.15, 0.2) is 42.7 Å². The van der Waals surface area contributed by atoms with E-state index in [1.807, 2.05) is 24.3 Å². The van der Waals surface area contributed by atoms with E-state index in [2.05, 4.69) is 15.3 Å². The quantitative estimate of drug-likeness (QED) is 0.705. The summed E-state index contributed by atoms with van der Waals surface area (Å²) in [5.41, 5.74) is 4.04. The van der Waals surface area contributed by atoms with Gasteiger partial charge in [-0.25, -0.2) is 8.78 Å². The van der Waals surface area contributed by atoms with Crippen LogP contribution in [-0.4, -0.2) is 45.7 Å². The second kappa shape index (κ2) is 6.83. The average molecular weight is 408 g/mol. The molecule has 0 spiro atoms. The highest BCUT2D eigenvalue weighted by Crippen LogP contribution is 2.31. The number of rotatable bonds is 2. The third-order valence-electron chi connectivity index (χ3n) is 5.67. The van der Waals surface area contributed by atoms with E-state index >= 15 is 0 Å². The highest BCUT2D eigenvalue weighted by atomic mass is 19.3. The number of hydrogen-bond donors (Lipinski definition) is 1. The number of carbonyl (C=O) groups excluding carboxylic acids is 2. The van der Waals surface area contributed by atoms with E-state index in [9.17, 15) is 18.4 Å². The Kier molecular flexibility index (Phi) is 4.23. The fourth-order valence-corrected chi connectivity index (χ4v) is 3.99. The minimum absolute atomic E-state index is 0.0391. The molecule has 1 saturated heterocycles. The van der Waals surface area contributed by atoms with Gasteiger partial charge in [0.05, 0.1) is 11.1 Å². The average Bonchev–Trinajstić information content (AvgIpc) is 3.12. The van der Waals surface area contributed by atoms with Crippen molar-refractivity contribution in [2.24, 2.45) is 0 Å². The minimum Gasteiger partial charge on any atom is -0.347 e. The predicted octanol–water partition coefficient (Wildman–Crippen LogP) is 3.41. The molecule has 0 bridgehead atoms. The van der Waals surface area contributed by atoms with E-state index in [4.69, 9.17) is 0 Å². The predicted molar refractivity (Wildman–Crippen MR) is 106 cm³/mol. The molecule has 6 nitrogen and oxygen atoms in total. The molecule has 0 aliphatic carbocycles. The van der Waals surface area contributed by atoms with Crippen molar-refractivity contribution in [3.05, 3.63) is 59.5 Å². The van der Waals surface area contributed by atoms with Crippen LogP contribution >= 0.6 is 0 Å². The number of alkyl halides is 2. The summed E-state index contributed by atoms with van der Waals surface area (Å²) in [5.74, 6) is -3.16. The summed E-state index contributed by atoms with van der Waals surface area (Å²) in [6.45, 7) is 0.523. The van der Waals surface area contributed by atoms with Crippen LogP contribution in [0.2, 0.25) is 0 Å². The van der Waals surface area contributed by atoms with Gasteiger partial charge in [0.1, 0.15) is 5.69 Å². The maximum absolute atomic E-state index is 13.4. The number of halogens is 2. The van der Waals surface area contributed by atoms with E-state index in [0.717, 1.165) is 22.1 Å². The molecule has 0 unspecified atom stereocenters. The molecule has 2 aliphatic rings. The van der Waals surface area contributed by atoms with Crippen molar-refractivity contribution in [1.29, 1.82) is 0 Å². The number of hydrogen-bond acceptors (Lipinski definition) is 4. The van der Waals surface area contributed by atoms with Crippen LogP contribution in [0.3, 0.4) is 0 Å². The molecule has 1 N–H and O–H groups in total. The Bertz CT molecular complexity index is 1180. The number of aromatic nitrogens is 2. The molecule has 0 atom stereocenters. The zero-order valence-electron chi connectivity index (χ0n) is 16.0. The molecule has 4 heterocycles. The molecule has 5 rings (SSSR count). The first kappa shape index (κ1) is 18.6. The van der Waals surface area contributed by atoms with Crippen molar-refractivity contribution in [3.8, 4) is 11.1 Å². The molecule has 2 amide bonds. The van der Waals surface area contributed by atoms with Crippen LogP contribution in [0, 0.1) is 0 Å². The van der Waals surface area contributed by atoms with Crippen LogP contribution in [0.1, 0.15) is 39.3 Å². The molecule has 2 aromatic heterocycles. The zero-order chi connectivity index (χ0) is 20.9. The standard InChI is InChI=1S/C22H18F2N4O2/c23-22(24)4-6-28(7-5-22)21(30)16-8-13-2-1-3-17(18(13)25-12-16)14-9-15-11-27-20(29)19(15)26-10-14/h1-3,8-10,12H,4-7,11H2,(H,27,29). The number of amides is 2. The first-order valence-electron chi connectivity index (χ1n) is 9.75. The van der Waals surface area contributed by atoms with Gasteiger partial charge in [-0.2, -0.15) is 0 Å². The third kappa shape index (κ3) is 3.18. The van der Waals surface area contributed by atoms with Gasteiger partial charge in [0.25, 0.3) is 17.7 Å². The molecule has 30 heavy (non-hydrogen) atoms. The Balaban J connectivity index is 1.47. The van der Waals surface area contributed by atoms with Gasteiger partial charge in [0.15, 0.2) is 0 Å². The Morgan fingerprint density at radius 1 is 1.10 bits per heavy atom. The van der Waals surface area contributed by atoms with Crippen molar-refractivity contribution in [2.75, 3.05) is 13.1 Å². The first-order valence-corrected chi connectivity index (χ1v) is 9.75. The molecule has 3 aromatic rings. The van der Waals surface area contributed by atoms with Gasteiger partial charge in [-0.05, 0) is 12.1 Å². The lowest BCUT2D eigenvalue weighted by atomic mass is 10.0. The number of nitrogens with one attached hydrogen (secondary N) is 1. The molecular formula is C22H18F2N4O2. The monoisotopic (exact) mass is 408 g/mol.